The molecular weight excluding hydrogens is 412 g/mol. The van der Waals surface area contributed by atoms with E-state index < -0.39 is 16.1 Å². The molecule has 0 aromatic heterocycles. The highest BCUT2D eigenvalue weighted by molar-refractivity contribution is 7.89. The number of benzene rings is 2. The van der Waals surface area contributed by atoms with Crippen LogP contribution in [0.4, 0.5) is 0 Å². The Bertz CT molecular complexity index is 946. The Morgan fingerprint density at radius 1 is 1.21 bits per heavy atom. The van der Waals surface area contributed by atoms with Gasteiger partial charge in [-0.2, -0.15) is 4.31 Å². The van der Waals surface area contributed by atoms with Crippen LogP contribution in [0.25, 0.3) is 0 Å². The van der Waals surface area contributed by atoms with Gasteiger partial charge in [-0.25, -0.2) is 8.42 Å². The van der Waals surface area contributed by atoms with E-state index in [0.717, 1.165) is 11.3 Å². The molecule has 0 bridgehead atoms. The molecule has 29 heavy (non-hydrogen) atoms. The summed E-state index contributed by atoms with van der Waals surface area (Å²) in [5.74, 6) is 0.466. The smallest absolute Gasteiger partial charge is 0.243 e. The first-order valence-corrected chi connectivity index (χ1v) is 11.4. The summed E-state index contributed by atoms with van der Waals surface area (Å²) in [6, 6.07) is 12.6. The Morgan fingerprint density at radius 2 is 1.86 bits per heavy atom. The van der Waals surface area contributed by atoms with E-state index in [-0.39, 0.29) is 16.8 Å². The monoisotopic (exact) mass is 436 g/mol. The normalized spacial score (nSPS) is 18.4. The minimum Gasteiger partial charge on any atom is -0.497 e. The third-order valence-corrected chi connectivity index (χ3v) is 7.34. The summed E-state index contributed by atoms with van der Waals surface area (Å²) in [6.07, 6.45) is 1.83. The van der Waals surface area contributed by atoms with Crippen molar-refractivity contribution in [2.45, 2.75) is 43.2 Å². The Hall–Kier alpha value is -2.09. The SMILES string of the molecule is CCC(NC(=O)C1CCCN1S(=O)(=O)c1ccc(Cl)cc1)c1ccc(OC)cc1. The van der Waals surface area contributed by atoms with Crippen LogP contribution in [0.5, 0.6) is 5.75 Å². The summed E-state index contributed by atoms with van der Waals surface area (Å²) >= 11 is 5.87. The second-order valence-electron chi connectivity index (χ2n) is 6.97. The Balaban J connectivity index is 1.77. The van der Waals surface area contributed by atoms with Crippen LogP contribution in [0.15, 0.2) is 53.4 Å². The molecule has 1 N–H and O–H groups in total. The molecule has 1 heterocycles. The minimum atomic E-state index is -3.77. The highest BCUT2D eigenvalue weighted by Gasteiger charge is 2.39. The molecule has 1 amide bonds. The Morgan fingerprint density at radius 3 is 2.45 bits per heavy atom. The lowest BCUT2D eigenvalue weighted by Crippen LogP contribution is -2.46. The Labute approximate surface area is 176 Å². The van der Waals surface area contributed by atoms with Crippen molar-refractivity contribution in [1.82, 2.24) is 9.62 Å². The number of sulfonamides is 1. The average Bonchev–Trinajstić information content (AvgIpc) is 3.23. The molecule has 2 atom stereocenters. The van der Waals surface area contributed by atoms with Gasteiger partial charge in [0.25, 0.3) is 0 Å². The number of hydrogen-bond acceptors (Lipinski definition) is 4. The molecule has 2 unspecified atom stereocenters. The van der Waals surface area contributed by atoms with E-state index in [2.05, 4.69) is 5.32 Å². The third kappa shape index (κ3) is 4.74. The zero-order chi connectivity index (χ0) is 21.0. The second kappa shape index (κ2) is 9.15. The number of carbonyl (C=O) groups is 1. The number of rotatable bonds is 7. The molecule has 2 aromatic rings. The summed E-state index contributed by atoms with van der Waals surface area (Å²) in [6.45, 7) is 2.30. The van der Waals surface area contributed by atoms with Crippen molar-refractivity contribution in [3.63, 3.8) is 0 Å². The van der Waals surface area contributed by atoms with Crippen LogP contribution in [0.2, 0.25) is 5.02 Å². The van der Waals surface area contributed by atoms with Crippen LogP contribution in [0.1, 0.15) is 37.8 Å². The average molecular weight is 437 g/mol. The fourth-order valence-corrected chi connectivity index (χ4v) is 5.34. The molecule has 0 saturated carbocycles. The fourth-order valence-electron chi connectivity index (χ4n) is 3.56. The van der Waals surface area contributed by atoms with Gasteiger partial charge in [-0.15, -0.1) is 0 Å². The maximum absolute atomic E-state index is 13.0. The van der Waals surface area contributed by atoms with Gasteiger partial charge >= 0.3 is 0 Å². The number of methoxy groups -OCH3 is 1. The van der Waals surface area contributed by atoms with E-state index >= 15 is 0 Å². The van der Waals surface area contributed by atoms with Gasteiger partial charge in [-0.1, -0.05) is 30.7 Å². The number of hydrogen-bond donors (Lipinski definition) is 1. The van der Waals surface area contributed by atoms with Crippen molar-refractivity contribution in [3.8, 4) is 5.75 Å². The van der Waals surface area contributed by atoms with Gasteiger partial charge in [0, 0.05) is 11.6 Å². The first kappa shape index (κ1) is 21.6. The lowest BCUT2D eigenvalue weighted by molar-refractivity contribution is -0.125. The van der Waals surface area contributed by atoms with Crippen LogP contribution >= 0.6 is 11.6 Å². The van der Waals surface area contributed by atoms with Crippen LogP contribution in [0, 0.1) is 0 Å². The topological polar surface area (TPSA) is 75.7 Å². The molecule has 0 spiro atoms. The second-order valence-corrected chi connectivity index (χ2v) is 9.30. The fraction of sp³-hybridized carbons (Fsp3) is 0.381. The summed E-state index contributed by atoms with van der Waals surface area (Å²) in [5.41, 5.74) is 0.951. The largest absolute Gasteiger partial charge is 0.497 e. The van der Waals surface area contributed by atoms with Gasteiger partial charge in [-0.05, 0) is 61.2 Å². The van der Waals surface area contributed by atoms with Gasteiger partial charge < -0.3 is 10.1 Å². The lowest BCUT2D eigenvalue weighted by Gasteiger charge is -2.26. The van der Waals surface area contributed by atoms with Crippen molar-refractivity contribution < 1.29 is 17.9 Å². The van der Waals surface area contributed by atoms with Crippen molar-refractivity contribution in [1.29, 1.82) is 0 Å². The number of ether oxygens (including phenoxy) is 1. The van der Waals surface area contributed by atoms with Gasteiger partial charge in [0.05, 0.1) is 18.0 Å². The molecular formula is C21H25ClN2O4S. The van der Waals surface area contributed by atoms with Crippen LogP contribution in [-0.4, -0.2) is 38.3 Å². The molecule has 1 saturated heterocycles. The van der Waals surface area contributed by atoms with E-state index in [0.29, 0.717) is 30.8 Å². The molecule has 1 aliphatic heterocycles. The molecule has 1 aliphatic rings. The van der Waals surface area contributed by atoms with Gasteiger partial charge in [0.15, 0.2) is 0 Å². The number of nitrogens with one attached hydrogen (secondary N) is 1. The molecule has 0 radical (unpaired) electrons. The molecule has 156 valence electrons. The highest BCUT2D eigenvalue weighted by atomic mass is 35.5. The third-order valence-electron chi connectivity index (χ3n) is 5.17. The van der Waals surface area contributed by atoms with E-state index in [1.54, 1.807) is 7.11 Å². The zero-order valence-corrected chi connectivity index (χ0v) is 18.0. The summed E-state index contributed by atoms with van der Waals surface area (Å²) in [4.78, 5) is 13.1. The van der Waals surface area contributed by atoms with Gasteiger partial charge in [0.2, 0.25) is 15.9 Å². The number of amides is 1. The summed E-state index contributed by atoms with van der Waals surface area (Å²) < 4.78 is 32.6. The van der Waals surface area contributed by atoms with E-state index in [4.69, 9.17) is 16.3 Å². The number of halogens is 1. The highest BCUT2D eigenvalue weighted by Crippen LogP contribution is 2.28. The van der Waals surface area contributed by atoms with Gasteiger partial charge in [0.1, 0.15) is 11.8 Å². The van der Waals surface area contributed by atoms with Crippen LogP contribution in [-0.2, 0) is 14.8 Å². The predicted molar refractivity (Wildman–Crippen MR) is 113 cm³/mol. The predicted octanol–water partition coefficient (Wildman–Crippen LogP) is 3.77. The molecule has 0 aliphatic carbocycles. The van der Waals surface area contributed by atoms with E-state index in [1.165, 1.54) is 28.6 Å². The summed E-state index contributed by atoms with van der Waals surface area (Å²) in [7, 11) is -2.17. The summed E-state index contributed by atoms with van der Waals surface area (Å²) in [5, 5.41) is 3.48. The van der Waals surface area contributed by atoms with Crippen molar-refractivity contribution in [2.75, 3.05) is 13.7 Å². The van der Waals surface area contributed by atoms with Crippen molar-refractivity contribution >= 4 is 27.5 Å². The first-order valence-electron chi connectivity index (χ1n) is 9.58. The van der Waals surface area contributed by atoms with Crippen molar-refractivity contribution in [3.05, 3.63) is 59.1 Å². The van der Waals surface area contributed by atoms with Gasteiger partial charge in [-0.3, -0.25) is 4.79 Å². The zero-order valence-electron chi connectivity index (χ0n) is 16.5. The van der Waals surface area contributed by atoms with E-state index in [9.17, 15) is 13.2 Å². The first-order chi connectivity index (χ1) is 13.9. The molecule has 8 heteroatoms. The van der Waals surface area contributed by atoms with E-state index in [1.807, 2.05) is 31.2 Å². The molecule has 2 aromatic carbocycles. The Kier molecular flexibility index (Phi) is 6.82. The molecule has 1 fully saturated rings. The number of carbonyl (C=O) groups excluding carboxylic acids is 1. The number of nitrogens with zero attached hydrogens (tertiary/aromatic N) is 1. The van der Waals surface area contributed by atoms with Crippen LogP contribution in [0.3, 0.4) is 0 Å². The quantitative estimate of drug-likeness (QED) is 0.716. The van der Waals surface area contributed by atoms with Crippen LogP contribution < -0.4 is 10.1 Å². The standard InChI is InChI=1S/C21H25ClN2O4S/c1-3-19(15-6-10-17(28-2)11-7-15)23-21(25)20-5-4-14-24(20)29(26,27)18-12-8-16(22)9-13-18/h6-13,19-20H,3-5,14H2,1-2H3,(H,23,25). The molecule has 6 nitrogen and oxygen atoms in total. The minimum absolute atomic E-state index is 0.142. The van der Waals surface area contributed by atoms with Crippen molar-refractivity contribution in [2.24, 2.45) is 0 Å². The maximum Gasteiger partial charge on any atom is 0.243 e. The molecule has 3 rings (SSSR count). The lowest BCUT2D eigenvalue weighted by atomic mass is 10.0. The maximum atomic E-state index is 13.0.